The molecule has 0 spiro atoms. The van der Waals surface area contributed by atoms with Crippen LogP contribution >= 0.6 is 11.3 Å². The molecule has 0 aliphatic heterocycles. The summed E-state index contributed by atoms with van der Waals surface area (Å²) in [4.78, 5) is 18.4. The molecule has 1 aliphatic rings. The SMILES string of the molecule is O=C(NCc1cccnc1-n1cccn1)c1csc2c1CCCC2. The molecule has 0 saturated heterocycles. The van der Waals surface area contributed by atoms with Gasteiger partial charge in [0.1, 0.15) is 0 Å². The van der Waals surface area contributed by atoms with Gasteiger partial charge in [-0.3, -0.25) is 4.79 Å². The zero-order chi connectivity index (χ0) is 16.4. The number of pyridine rings is 1. The van der Waals surface area contributed by atoms with Gasteiger partial charge in [-0.25, -0.2) is 9.67 Å². The molecule has 3 aromatic rings. The number of aryl methyl sites for hydroxylation is 1. The molecule has 3 aromatic heterocycles. The molecule has 6 heteroatoms. The number of aromatic nitrogens is 3. The van der Waals surface area contributed by atoms with Crippen molar-refractivity contribution in [3.63, 3.8) is 0 Å². The first kappa shape index (κ1) is 15.1. The first-order chi connectivity index (χ1) is 11.8. The van der Waals surface area contributed by atoms with Gasteiger partial charge in [-0.1, -0.05) is 6.07 Å². The Morgan fingerprint density at radius 1 is 1.25 bits per heavy atom. The number of nitrogens with zero attached hydrogens (tertiary/aromatic N) is 3. The van der Waals surface area contributed by atoms with Gasteiger partial charge in [-0.15, -0.1) is 11.3 Å². The van der Waals surface area contributed by atoms with Crippen molar-refractivity contribution in [2.24, 2.45) is 0 Å². The van der Waals surface area contributed by atoms with Crippen molar-refractivity contribution >= 4 is 17.2 Å². The number of hydrogen-bond donors (Lipinski definition) is 1. The zero-order valence-corrected chi connectivity index (χ0v) is 14.1. The van der Waals surface area contributed by atoms with Crippen LogP contribution in [0.3, 0.4) is 0 Å². The van der Waals surface area contributed by atoms with Crippen molar-refractivity contribution in [3.05, 3.63) is 63.7 Å². The highest BCUT2D eigenvalue weighted by molar-refractivity contribution is 7.10. The number of nitrogens with one attached hydrogen (secondary N) is 1. The fraction of sp³-hybridized carbons (Fsp3) is 0.278. The summed E-state index contributed by atoms with van der Waals surface area (Å²) in [6, 6.07) is 5.70. The Bertz CT molecular complexity index is 854. The van der Waals surface area contributed by atoms with Crippen LogP contribution in [0, 0.1) is 0 Å². The van der Waals surface area contributed by atoms with E-state index in [4.69, 9.17) is 0 Å². The highest BCUT2D eigenvalue weighted by Crippen LogP contribution is 2.30. The third-order valence-corrected chi connectivity index (χ3v) is 5.42. The molecule has 122 valence electrons. The summed E-state index contributed by atoms with van der Waals surface area (Å²) in [5, 5.41) is 9.27. The molecule has 0 radical (unpaired) electrons. The molecule has 1 N–H and O–H groups in total. The molecule has 0 atom stereocenters. The van der Waals surface area contributed by atoms with E-state index >= 15 is 0 Å². The van der Waals surface area contributed by atoms with Gasteiger partial charge in [0.2, 0.25) is 0 Å². The van der Waals surface area contributed by atoms with Gasteiger partial charge in [0.15, 0.2) is 5.82 Å². The maximum atomic E-state index is 12.6. The van der Waals surface area contributed by atoms with Crippen LogP contribution in [-0.2, 0) is 19.4 Å². The minimum Gasteiger partial charge on any atom is -0.348 e. The molecular formula is C18H18N4OS. The minimum atomic E-state index is 0.00432. The fourth-order valence-electron chi connectivity index (χ4n) is 3.12. The summed E-state index contributed by atoms with van der Waals surface area (Å²) >= 11 is 1.72. The molecule has 0 aromatic carbocycles. The third-order valence-electron chi connectivity index (χ3n) is 4.33. The van der Waals surface area contributed by atoms with E-state index in [1.165, 1.54) is 23.3 Å². The molecule has 3 heterocycles. The van der Waals surface area contributed by atoms with Crippen molar-refractivity contribution in [1.29, 1.82) is 0 Å². The van der Waals surface area contributed by atoms with Crippen LogP contribution in [-0.4, -0.2) is 20.7 Å². The van der Waals surface area contributed by atoms with Gasteiger partial charge in [0, 0.05) is 41.0 Å². The first-order valence-corrected chi connectivity index (χ1v) is 9.02. The molecule has 24 heavy (non-hydrogen) atoms. The molecule has 4 rings (SSSR count). The molecule has 0 fully saturated rings. The highest BCUT2D eigenvalue weighted by atomic mass is 32.1. The Morgan fingerprint density at radius 2 is 2.17 bits per heavy atom. The summed E-state index contributed by atoms with van der Waals surface area (Å²) in [7, 11) is 0. The second-order valence-electron chi connectivity index (χ2n) is 5.88. The van der Waals surface area contributed by atoms with Crippen LogP contribution in [0.4, 0.5) is 0 Å². The van der Waals surface area contributed by atoms with Crippen molar-refractivity contribution in [3.8, 4) is 5.82 Å². The lowest BCUT2D eigenvalue weighted by molar-refractivity contribution is 0.0950. The predicted molar refractivity (Wildman–Crippen MR) is 93.5 cm³/mol. The molecule has 1 aliphatic carbocycles. The Labute approximate surface area is 144 Å². The topological polar surface area (TPSA) is 59.8 Å². The van der Waals surface area contributed by atoms with Crippen molar-refractivity contribution < 1.29 is 4.79 Å². The molecule has 0 bridgehead atoms. The molecule has 5 nitrogen and oxygen atoms in total. The van der Waals surface area contributed by atoms with Crippen molar-refractivity contribution in [1.82, 2.24) is 20.1 Å². The van der Waals surface area contributed by atoms with Gasteiger partial charge in [0.05, 0.1) is 5.56 Å². The van der Waals surface area contributed by atoms with E-state index in [0.29, 0.717) is 6.54 Å². The monoisotopic (exact) mass is 338 g/mol. The molecular weight excluding hydrogens is 320 g/mol. The Hall–Kier alpha value is -2.47. The Morgan fingerprint density at radius 3 is 3.04 bits per heavy atom. The maximum Gasteiger partial charge on any atom is 0.252 e. The largest absolute Gasteiger partial charge is 0.348 e. The van der Waals surface area contributed by atoms with E-state index < -0.39 is 0 Å². The standard InChI is InChI=1S/C18H18N4OS/c23-18(15-12-24-16-7-2-1-6-14(15)16)20-11-13-5-3-8-19-17(13)22-10-4-9-21-22/h3-5,8-10,12H,1-2,6-7,11H2,(H,20,23). The van der Waals surface area contributed by atoms with Gasteiger partial charge < -0.3 is 5.32 Å². The number of hydrogen-bond acceptors (Lipinski definition) is 4. The van der Waals surface area contributed by atoms with Gasteiger partial charge in [0.25, 0.3) is 5.91 Å². The van der Waals surface area contributed by atoms with E-state index in [1.54, 1.807) is 28.4 Å². The van der Waals surface area contributed by atoms with Crippen LogP contribution in [0.2, 0.25) is 0 Å². The highest BCUT2D eigenvalue weighted by Gasteiger charge is 2.20. The number of fused-ring (bicyclic) bond motifs is 1. The second-order valence-corrected chi connectivity index (χ2v) is 6.84. The Balaban J connectivity index is 1.52. The van der Waals surface area contributed by atoms with Crippen molar-refractivity contribution in [2.45, 2.75) is 32.2 Å². The van der Waals surface area contributed by atoms with E-state index in [2.05, 4.69) is 15.4 Å². The fourth-order valence-corrected chi connectivity index (χ4v) is 4.25. The van der Waals surface area contributed by atoms with Gasteiger partial charge in [-0.2, -0.15) is 5.10 Å². The summed E-state index contributed by atoms with van der Waals surface area (Å²) in [5.41, 5.74) is 3.04. The Kier molecular flexibility index (Phi) is 4.13. The quantitative estimate of drug-likeness (QED) is 0.795. The van der Waals surface area contributed by atoms with Crippen LogP contribution in [0.15, 0.2) is 42.2 Å². The average Bonchev–Trinajstić information content (AvgIpc) is 3.29. The number of amides is 1. The maximum absolute atomic E-state index is 12.6. The molecule has 1 amide bonds. The zero-order valence-electron chi connectivity index (χ0n) is 13.2. The minimum absolute atomic E-state index is 0.00432. The molecule has 0 saturated carbocycles. The third kappa shape index (κ3) is 2.85. The summed E-state index contributed by atoms with van der Waals surface area (Å²) in [6.07, 6.45) is 9.84. The van der Waals surface area contributed by atoms with Gasteiger partial charge in [-0.05, 0) is 43.4 Å². The molecule has 0 unspecified atom stereocenters. The van der Waals surface area contributed by atoms with E-state index in [-0.39, 0.29) is 5.91 Å². The smallest absolute Gasteiger partial charge is 0.252 e. The average molecular weight is 338 g/mol. The predicted octanol–water partition coefficient (Wildman–Crippen LogP) is 3.14. The van der Waals surface area contributed by atoms with E-state index in [9.17, 15) is 4.79 Å². The van der Waals surface area contributed by atoms with Crippen LogP contribution < -0.4 is 5.32 Å². The van der Waals surface area contributed by atoms with E-state index in [0.717, 1.165) is 29.8 Å². The van der Waals surface area contributed by atoms with Crippen molar-refractivity contribution in [2.75, 3.05) is 0 Å². The van der Waals surface area contributed by atoms with Crippen LogP contribution in [0.25, 0.3) is 5.82 Å². The summed E-state index contributed by atoms with van der Waals surface area (Å²) in [5.74, 6) is 0.750. The van der Waals surface area contributed by atoms with Crippen LogP contribution in [0.1, 0.15) is 39.2 Å². The lowest BCUT2D eigenvalue weighted by atomic mass is 9.95. The number of rotatable bonds is 4. The number of carbonyl (C=O) groups excluding carboxylic acids is 1. The van der Waals surface area contributed by atoms with E-state index in [1.807, 2.05) is 29.8 Å². The number of thiophene rings is 1. The second kappa shape index (κ2) is 6.57. The lowest BCUT2D eigenvalue weighted by Crippen LogP contribution is -2.24. The summed E-state index contributed by atoms with van der Waals surface area (Å²) in [6.45, 7) is 0.437. The van der Waals surface area contributed by atoms with Crippen LogP contribution in [0.5, 0.6) is 0 Å². The first-order valence-electron chi connectivity index (χ1n) is 8.14. The summed E-state index contributed by atoms with van der Waals surface area (Å²) < 4.78 is 1.72. The number of carbonyl (C=O) groups is 1. The normalized spacial score (nSPS) is 13.5. The lowest BCUT2D eigenvalue weighted by Gasteiger charge is -2.13. The van der Waals surface area contributed by atoms with Gasteiger partial charge >= 0.3 is 0 Å².